The minimum Gasteiger partial charge on any atom is -0.495 e. The first-order valence-corrected chi connectivity index (χ1v) is 11.2. The summed E-state index contributed by atoms with van der Waals surface area (Å²) in [4.78, 5) is 4.06. The van der Waals surface area contributed by atoms with E-state index in [4.69, 9.17) is 4.74 Å². The van der Waals surface area contributed by atoms with Gasteiger partial charge in [-0.15, -0.1) is 5.10 Å². The van der Waals surface area contributed by atoms with Crippen LogP contribution in [0.15, 0.2) is 24.3 Å². The van der Waals surface area contributed by atoms with Gasteiger partial charge in [-0.2, -0.15) is 0 Å². The number of anilines is 1. The van der Waals surface area contributed by atoms with E-state index in [1.165, 1.54) is 31.4 Å². The molecular formula is C22H35N6O+. The second-order valence-electron chi connectivity index (χ2n) is 8.92. The summed E-state index contributed by atoms with van der Waals surface area (Å²) in [6.07, 6.45) is 6.14. The zero-order valence-electron chi connectivity index (χ0n) is 18.0. The van der Waals surface area contributed by atoms with Gasteiger partial charge in [0.25, 0.3) is 0 Å². The van der Waals surface area contributed by atoms with Crippen LogP contribution >= 0.6 is 0 Å². The Morgan fingerprint density at radius 3 is 2.55 bits per heavy atom. The number of nitrogens with zero attached hydrogens (tertiary/aromatic N) is 5. The van der Waals surface area contributed by atoms with Crippen LogP contribution in [0.3, 0.4) is 0 Å². The standard InChI is InChI=1S/C22H34N6O/c1-17(2)16-20(22-23-24-25-28(22)18-8-4-5-9-18)27-14-12-26(13-15-27)19-10-6-7-11-21(19)29-3/h6-7,10-11,17-18,20H,4-5,8-9,12-16H2,1-3H3/p+1/t20-/m0/s1. The Morgan fingerprint density at radius 1 is 1.14 bits per heavy atom. The van der Waals surface area contributed by atoms with E-state index in [0.29, 0.717) is 18.0 Å². The molecule has 0 unspecified atom stereocenters. The van der Waals surface area contributed by atoms with Crippen LogP contribution in [0.5, 0.6) is 5.75 Å². The van der Waals surface area contributed by atoms with Crippen LogP contribution in [0.1, 0.15) is 63.9 Å². The third-order valence-corrected chi connectivity index (χ3v) is 6.53. The van der Waals surface area contributed by atoms with Gasteiger partial charge in [0, 0.05) is 6.42 Å². The average molecular weight is 400 g/mol. The lowest BCUT2D eigenvalue weighted by molar-refractivity contribution is -0.934. The molecule has 4 rings (SSSR count). The largest absolute Gasteiger partial charge is 0.495 e. The molecule has 0 spiro atoms. The Balaban J connectivity index is 1.50. The van der Waals surface area contributed by atoms with Crippen molar-refractivity contribution >= 4 is 5.69 Å². The molecule has 1 atom stereocenters. The van der Waals surface area contributed by atoms with Gasteiger partial charge >= 0.3 is 0 Å². The van der Waals surface area contributed by atoms with E-state index >= 15 is 0 Å². The van der Waals surface area contributed by atoms with Crippen molar-refractivity contribution in [3.05, 3.63) is 30.1 Å². The quantitative estimate of drug-likeness (QED) is 0.774. The van der Waals surface area contributed by atoms with Crippen LogP contribution in [0.4, 0.5) is 5.69 Å². The molecule has 1 aromatic carbocycles. The number of para-hydroxylation sites is 2. The SMILES string of the molecule is COc1ccccc1N1CC[NH+]([C@@H](CC(C)C)c2nnnn2C2CCCC2)CC1. The molecular weight excluding hydrogens is 364 g/mol. The first-order valence-electron chi connectivity index (χ1n) is 11.2. The van der Waals surface area contributed by atoms with E-state index in [1.807, 2.05) is 12.1 Å². The number of rotatable bonds is 7. The van der Waals surface area contributed by atoms with Crippen molar-refractivity contribution in [3.63, 3.8) is 0 Å². The zero-order valence-corrected chi connectivity index (χ0v) is 18.0. The van der Waals surface area contributed by atoms with Crippen molar-refractivity contribution in [1.82, 2.24) is 20.2 Å². The summed E-state index contributed by atoms with van der Waals surface area (Å²) in [5.41, 5.74) is 1.20. The fourth-order valence-electron chi connectivity index (χ4n) is 5.04. The number of tetrazole rings is 1. The fraction of sp³-hybridized carbons (Fsp3) is 0.682. The monoisotopic (exact) mass is 399 g/mol. The van der Waals surface area contributed by atoms with Crippen molar-refractivity contribution in [2.45, 2.75) is 58.0 Å². The van der Waals surface area contributed by atoms with Crippen LogP contribution in [0, 0.1) is 5.92 Å². The van der Waals surface area contributed by atoms with Gasteiger partial charge in [0.15, 0.2) is 0 Å². The third kappa shape index (κ3) is 4.39. The van der Waals surface area contributed by atoms with E-state index in [1.54, 1.807) is 12.0 Å². The Kier molecular flexibility index (Phi) is 6.33. The number of ether oxygens (including phenoxy) is 1. The first-order chi connectivity index (χ1) is 14.2. The molecule has 2 aliphatic rings. The second-order valence-corrected chi connectivity index (χ2v) is 8.92. The minimum absolute atomic E-state index is 0.366. The van der Waals surface area contributed by atoms with Crippen molar-refractivity contribution in [1.29, 1.82) is 0 Å². The van der Waals surface area contributed by atoms with Gasteiger partial charge in [-0.1, -0.05) is 38.8 Å². The maximum atomic E-state index is 5.58. The van der Waals surface area contributed by atoms with Gasteiger partial charge in [-0.25, -0.2) is 4.68 Å². The van der Waals surface area contributed by atoms with Crippen LogP contribution < -0.4 is 14.5 Å². The number of methoxy groups -OCH3 is 1. The highest BCUT2D eigenvalue weighted by molar-refractivity contribution is 5.58. The molecule has 158 valence electrons. The second kappa shape index (κ2) is 9.11. The van der Waals surface area contributed by atoms with Crippen LogP contribution in [-0.2, 0) is 0 Å². The van der Waals surface area contributed by atoms with E-state index in [2.05, 4.69) is 51.1 Å². The Bertz CT molecular complexity index is 777. The molecule has 1 aromatic heterocycles. The fourth-order valence-corrected chi connectivity index (χ4v) is 5.04. The molecule has 7 heteroatoms. The van der Waals surface area contributed by atoms with Gasteiger partial charge in [-0.3, -0.25) is 0 Å². The summed E-state index contributed by atoms with van der Waals surface area (Å²) >= 11 is 0. The van der Waals surface area contributed by atoms with Crippen molar-refractivity contribution in [3.8, 4) is 5.75 Å². The van der Waals surface area contributed by atoms with Crippen LogP contribution in [-0.4, -0.2) is 53.5 Å². The lowest BCUT2D eigenvalue weighted by Crippen LogP contribution is -3.15. The minimum atomic E-state index is 0.366. The molecule has 2 aromatic rings. The number of nitrogens with one attached hydrogen (secondary N) is 1. The van der Waals surface area contributed by atoms with Crippen molar-refractivity contribution in [2.24, 2.45) is 5.92 Å². The number of benzene rings is 1. The molecule has 1 aliphatic heterocycles. The number of hydrogen-bond acceptors (Lipinski definition) is 5. The maximum absolute atomic E-state index is 5.58. The van der Waals surface area contributed by atoms with Gasteiger partial charge in [-0.05, 0) is 41.3 Å². The average Bonchev–Trinajstić information content (AvgIpc) is 3.43. The molecule has 1 aliphatic carbocycles. The summed E-state index contributed by atoms with van der Waals surface area (Å²) in [6.45, 7) is 8.84. The molecule has 0 radical (unpaired) electrons. The maximum Gasteiger partial charge on any atom is 0.209 e. The summed E-state index contributed by atoms with van der Waals surface area (Å²) in [5, 5.41) is 13.1. The predicted octanol–water partition coefficient (Wildman–Crippen LogP) is 2.29. The number of piperazine rings is 1. The smallest absolute Gasteiger partial charge is 0.209 e. The first kappa shape index (κ1) is 20.1. The molecule has 29 heavy (non-hydrogen) atoms. The Labute approximate surface area is 174 Å². The van der Waals surface area contributed by atoms with E-state index in [-0.39, 0.29) is 0 Å². The summed E-state index contributed by atoms with van der Waals surface area (Å²) in [7, 11) is 1.75. The summed E-state index contributed by atoms with van der Waals surface area (Å²) < 4.78 is 7.75. The van der Waals surface area contributed by atoms with Crippen LogP contribution in [0.25, 0.3) is 0 Å². The van der Waals surface area contributed by atoms with E-state index in [9.17, 15) is 0 Å². The van der Waals surface area contributed by atoms with Crippen molar-refractivity contribution < 1.29 is 9.64 Å². The highest BCUT2D eigenvalue weighted by Crippen LogP contribution is 2.31. The zero-order chi connectivity index (χ0) is 20.2. The van der Waals surface area contributed by atoms with Crippen molar-refractivity contribution in [2.75, 3.05) is 38.2 Å². The molecule has 1 N–H and O–H groups in total. The molecule has 7 nitrogen and oxygen atoms in total. The Morgan fingerprint density at radius 2 is 1.86 bits per heavy atom. The van der Waals surface area contributed by atoms with Gasteiger partial charge in [0.05, 0.1) is 45.0 Å². The lowest BCUT2D eigenvalue weighted by atomic mass is 10.0. The van der Waals surface area contributed by atoms with E-state index < -0.39 is 0 Å². The van der Waals surface area contributed by atoms with Gasteiger partial charge in [0.2, 0.25) is 5.82 Å². The summed E-state index contributed by atoms with van der Waals surface area (Å²) in [6, 6.07) is 9.19. The molecule has 0 amide bonds. The normalized spacial score (nSPS) is 19.8. The third-order valence-electron chi connectivity index (χ3n) is 6.53. The number of aromatic nitrogens is 4. The molecule has 0 bridgehead atoms. The molecule has 2 fully saturated rings. The molecule has 1 saturated heterocycles. The number of hydrogen-bond donors (Lipinski definition) is 1. The van der Waals surface area contributed by atoms with E-state index in [0.717, 1.165) is 44.2 Å². The van der Waals surface area contributed by atoms with Crippen LogP contribution in [0.2, 0.25) is 0 Å². The van der Waals surface area contributed by atoms with Gasteiger partial charge in [0.1, 0.15) is 11.8 Å². The molecule has 2 heterocycles. The topological polar surface area (TPSA) is 60.5 Å². The lowest BCUT2D eigenvalue weighted by Gasteiger charge is -2.38. The summed E-state index contributed by atoms with van der Waals surface area (Å²) in [5.74, 6) is 2.68. The number of quaternary nitrogens is 1. The Hall–Kier alpha value is -2.15. The van der Waals surface area contributed by atoms with Gasteiger partial charge < -0.3 is 14.5 Å². The predicted molar refractivity (Wildman–Crippen MR) is 113 cm³/mol. The highest BCUT2D eigenvalue weighted by Gasteiger charge is 2.35. The molecule has 1 saturated carbocycles. The highest BCUT2D eigenvalue weighted by atomic mass is 16.5.